The molecule has 0 bridgehead atoms. The smallest absolute Gasteiger partial charge is 0.232 e. The predicted molar refractivity (Wildman–Crippen MR) is 87.1 cm³/mol. The number of aryl methyl sites for hydroxylation is 1. The van der Waals surface area contributed by atoms with Crippen LogP contribution in [0.4, 0.5) is 5.69 Å². The van der Waals surface area contributed by atoms with E-state index in [0.717, 1.165) is 43.0 Å². The summed E-state index contributed by atoms with van der Waals surface area (Å²) < 4.78 is 13.0. The van der Waals surface area contributed by atoms with Gasteiger partial charge in [0.05, 0.1) is 30.1 Å². The quantitative estimate of drug-likeness (QED) is 0.778. The summed E-state index contributed by atoms with van der Waals surface area (Å²) in [5.41, 5.74) is 4.43. The number of fused-ring (bicyclic) bond motifs is 2. The van der Waals surface area contributed by atoms with Crippen molar-refractivity contribution in [1.82, 2.24) is 19.9 Å². The average Bonchev–Trinajstić information content (AvgIpc) is 3.33. The zero-order valence-electron chi connectivity index (χ0n) is 13.3. The molecule has 2 aliphatic rings. The summed E-state index contributed by atoms with van der Waals surface area (Å²) in [7, 11) is 1.95. The van der Waals surface area contributed by atoms with Crippen molar-refractivity contribution in [1.29, 1.82) is 0 Å². The van der Waals surface area contributed by atoms with Crippen molar-refractivity contribution >= 4 is 5.69 Å². The highest BCUT2D eigenvalue weighted by molar-refractivity contribution is 5.59. The zero-order valence-corrected chi connectivity index (χ0v) is 13.3. The van der Waals surface area contributed by atoms with Gasteiger partial charge in [0.2, 0.25) is 11.7 Å². The van der Waals surface area contributed by atoms with E-state index in [1.54, 1.807) is 0 Å². The molecule has 5 rings (SSSR count). The first-order valence-electron chi connectivity index (χ1n) is 8.12. The topological polar surface area (TPSA) is 78.0 Å². The summed E-state index contributed by atoms with van der Waals surface area (Å²) in [6.45, 7) is 1.52. The van der Waals surface area contributed by atoms with Gasteiger partial charge in [-0.3, -0.25) is 4.68 Å². The number of rotatable bonds is 2. The Kier molecular flexibility index (Phi) is 2.88. The normalized spacial score (nSPS) is 18.6. The maximum Gasteiger partial charge on any atom is 0.232 e. The second-order valence-electron chi connectivity index (χ2n) is 6.29. The first-order chi connectivity index (χ1) is 11.8. The van der Waals surface area contributed by atoms with Crippen LogP contribution in [-0.4, -0.2) is 33.1 Å². The second-order valence-corrected chi connectivity index (χ2v) is 6.29. The summed E-state index contributed by atoms with van der Waals surface area (Å²) >= 11 is 0. The van der Waals surface area contributed by atoms with Gasteiger partial charge >= 0.3 is 0 Å². The number of nitrogens with one attached hydrogen (secondary N) is 1. The number of hydrogen-bond donors (Lipinski definition) is 1. The molecular weight excluding hydrogens is 306 g/mol. The van der Waals surface area contributed by atoms with Gasteiger partial charge in [-0.05, 0) is 23.8 Å². The predicted octanol–water partition coefficient (Wildman–Crippen LogP) is 2.16. The molecule has 3 aromatic rings. The average molecular weight is 323 g/mol. The maximum atomic E-state index is 5.55. The molecule has 0 saturated heterocycles. The third kappa shape index (κ3) is 2.08. The monoisotopic (exact) mass is 323 g/mol. The van der Waals surface area contributed by atoms with Crippen LogP contribution in [0.5, 0.6) is 5.75 Å². The largest absolute Gasteiger partial charge is 0.493 e. The first-order valence-corrected chi connectivity index (χ1v) is 8.12. The minimum atomic E-state index is 0.159. The summed E-state index contributed by atoms with van der Waals surface area (Å²) in [6.07, 6.45) is 3.64. The van der Waals surface area contributed by atoms with Crippen LogP contribution in [0.25, 0.3) is 11.4 Å². The van der Waals surface area contributed by atoms with Gasteiger partial charge in [-0.2, -0.15) is 10.1 Å². The second kappa shape index (κ2) is 5.09. The molecule has 2 aliphatic heterocycles. The van der Waals surface area contributed by atoms with Gasteiger partial charge in [0.25, 0.3) is 0 Å². The third-order valence-electron chi connectivity index (χ3n) is 4.78. The van der Waals surface area contributed by atoms with Crippen LogP contribution in [0.2, 0.25) is 0 Å². The van der Waals surface area contributed by atoms with Crippen molar-refractivity contribution in [2.75, 3.05) is 18.5 Å². The molecule has 0 radical (unpaired) electrons. The van der Waals surface area contributed by atoms with Crippen molar-refractivity contribution in [2.24, 2.45) is 7.05 Å². The number of nitrogens with zero attached hydrogens (tertiary/aromatic N) is 4. The Morgan fingerprint density at radius 3 is 3.25 bits per heavy atom. The van der Waals surface area contributed by atoms with Crippen molar-refractivity contribution in [3.8, 4) is 17.1 Å². The van der Waals surface area contributed by atoms with E-state index in [9.17, 15) is 0 Å². The minimum absolute atomic E-state index is 0.159. The first kappa shape index (κ1) is 13.6. The molecule has 7 heteroatoms. The number of ether oxygens (including phenoxy) is 1. The summed E-state index contributed by atoms with van der Waals surface area (Å²) in [5.74, 6) is 2.42. The molecule has 2 aromatic heterocycles. The fourth-order valence-corrected chi connectivity index (χ4v) is 3.41. The Labute approximate surface area is 138 Å². The molecule has 1 unspecified atom stereocenters. The lowest BCUT2D eigenvalue weighted by Crippen LogP contribution is -2.22. The molecule has 0 aliphatic carbocycles. The van der Waals surface area contributed by atoms with E-state index in [1.807, 2.05) is 30.1 Å². The third-order valence-corrected chi connectivity index (χ3v) is 4.78. The summed E-state index contributed by atoms with van der Waals surface area (Å²) in [5, 5.41) is 11.9. The van der Waals surface area contributed by atoms with Crippen LogP contribution < -0.4 is 10.1 Å². The van der Waals surface area contributed by atoms with E-state index in [0.29, 0.717) is 11.7 Å². The summed E-state index contributed by atoms with van der Waals surface area (Å²) in [4.78, 5) is 4.63. The van der Waals surface area contributed by atoms with E-state index >= 15 is 0 Å². The van der Waals surface area contributed by atoms with Gasteiger partial charge < -0.3 is 14.6 Å². The van der Waals surface area contributed by atoms with Crippen LogP contribution in [0.3, 0.4) is 0 Å². The molecule has 122 valence electrons. The van der Waals surface area contributed by atoms with Gasteiger partial charge in [-0.1, -0.05) is 5.16 Å². The van der Waals surface area contributed by atoms with Crippen molar-refractivity contribution in [3.63, 3.8) is 0 Å². The minimum Gasteiger partial charge on any atom is -0.493 e. The van der Waals surface area contributed by atoms with Crippen molar-refractivity contribution in [2.45, 2.75) is 18.8 Å². The van der Waals surface area contributed by atoms with Gasteiger partial charge in [-0.15, -0.1) is 0 Å². The lowest BCUT2D eigenvalue weighted by molar-refractivity contribution is 0.352. The van der Waals surface area contributed by atoms with Crippen molar-refractivity contribution < 1.29 is 9.26 Å². The highest BCUT2D eigenvalue weighted by atomic mass is 16.5. The maximum absolute atomic E-state index is 5.55. The molecule has 1 aromatic carbocycles. The fraction of sp³-hybridized carbons (Fsp3) is 0.353. The zero-order chi connectivity index (χ0) is 16.1. The lowest BCUT2D eigenvalue weighted by atomic mass is 9.98. The van der Waals surface area contributed by atoms with Gasteiger partial charge in [0.1, 0.15) is 5.75 Å². The van der Waals surface area contributed by atoms with E-state index < -0.39 is 0 Å². The standard InChI is InChI=1S/C17H17N5O2/c1-22-14-7-12(8-18-13(14)9-19-22)17-20-16(21-24-17)11-2-3-15-10(6-11)4-5-23-15/h2-3,6,9,12,18H,4-5,7-8H2,1H3. The Balaban J connectivity index is 1.43. The van der Waals surface area contributed by atoms with Gasteiger partial charge in [0.15, 0.2) is 0 Å². The molecule has 0 saturated carbocycles. The number of anilines is 1. The fourth-order valence-electron chi connectivity index (χ4n) is 3.41. The van der Waals surface area contributed by atoms with Crippen LogP contribution >= 0.6 is 0 Å². The molecular formula is C17H17N5O2. The van der Waals surface area contributed by atoms with Gasteiger partial charge in [0, 0.05) is 32.0 Å². The number of benzene rings is 1. The number of aromatic nitrogens is 4. The lowest BCUT2D eigenvalue weighted by Gasteiger charge is -2.21. The Bertz CT molecular complexity index is 914. The summed E-state index contributed by atoms with van der Waals surface area (Å²) in [6, 6.07) is 6.06. The van der Waals surface area contributed by atoms with Crippen LogP contribution in [0.1, 0.15) is 23.1 Å². The Morgan fingerprint density at radius 2 is 2.29 bits per heavy atom. The van der Waals surface area contributed by atoms with E-state index in [-0.39, 0.29) is 5.92 Å². The Hall–Kier alpha value is -2.83. The van der Waals surface area contributed by atoms with E-state index in [4.69, 9.17) is 9.26 Å². The SMILES string of the molecule is Cn1ncc2c1CC(c1nc(-c3ccc4c(c3)CCO4)no1)CN2. The molecule has 4 heterocycles. The number of hydrogen-bond acceptors (Lipinski definition) is 6. The molecule has 1 atom stereocenters. The van der Waals surface area contributed by atoms with E-state index in [1.165, 1.54) is 11.3 Å². The van der Waals surface area contributed by atoms with Crippen LogP contribution in [-0.2, 0) is 19.9 Å². The van der Waals surface area contributed by atoms with Gasteiger partial charge in [-0.25, -0.2) is 0 Å². The highest BCUT2D eigenvalue weighted by Crippen LogP contribution is 2.32. The van der Waals surface area contributed by atoms with Crippen LogP contribution in [0, 0.1) is 0 Å². The Morgan fingerprint density at radius 1 is 1.33 bits per heavy atom. The molecule has 0 fully saturated rings. The van der Waals surface area contributed by atoms with Crippen molar-refractivity contribution in [3.05, 3.63) is 41.5 Å². The van der Waals surface area contributed by atoms with Crippen LogP contribution in [0.15, 0.2) is 28.9 Å². The highest BCUT2D eigenvalue weighted by Gasteiger charge is 2.27. The molecule has 1 N–H and O–H groups in total. The molecule has 7 nitrogen and oxygen atoms in total. The molecule has 0 spiro atoms. The van der Waals surface area contributed by atoms with E-state index in [2.05, 4.69) is 26.6 Å². The molecule has 24 heavy (non-hydrogen) atoms. The molecule has 0 amide bonds.